The predicted octanol–water partition coefficient (Wildman–Crippen LogP) is 3.59. The van der Waals surface area contributed by atoms with Crippen LogP contribution in [0.4, 0.5) is 0 Å². The highest BCUT2D eigenvalue weighted by Crippen LogP contribution is 2.35. The minimum atomic E-state index is 0.459. The van der Waals surface area contributed by atoms with Crippen LogP contribution in [0.1, 0.15) is 38.3 Å². The molecule has 1 aliphatic rings. The van der Waals surface area contributed by atoms with Crippen LogP contribution in [0, 0.1) is 0 Å². The van der Waals surface area contributed by atoms with E-state index in [0.717, 1.165) is 43.0 Å². The van der Waals surface area contributed by atoms with Gasteiger partial charge in [-0.05, 0) is 31.5 Å². The zero-order valence-corrected chi connectivity index (χ0v) is 14.1. The molecule has 1 atom stereocenters. The summed E-state index contributed by atoms with van der Waals surface area (Å²) in [4.78, 5) is 2.59. The quantitative estimate of drug-likeness (QED) is 0.856. The Morgan fingerprint density at radius 2 is 2.05 bits per heavy atom. The van der Waals surface area contributed by atoms with E-state index >= 15 is 0 Å². The second-order valence-corrected chi connectivity index (χ2v) is 6.12. The van der Waals surface area contributed by atoms with Crippen molar-refractivity contribution in [2.75, 3.05) is 32.8 Å². The minimum absolute atomic E-state index is 0.459. The molecule has 0 amide bonds. The molecule has 0 saturated carbocycles. The van der Waals surface area contributed by atoms with Gasteiger partial charge in [-0.2, -0.15) is 0 Å². The smallest absolute Gasteiger partial charge is 0.124 e. The maximum Gasteiger partial charge on any atom is 0.124 e. The zero-order chi connectivity index (χ0) is 14.4. The number of halogens is 1. The Morgan fingerprint density at radius 3 is 2.70 bits per heavy atom. The van der Waals surface area contributed by atoms with Crippen molar-refractivity contribution < 1.29 is 4.74 Å². The Morgan fingerprint density at radius 1 is 1.30 bits per heavy atom. The fourth-order valence-electron chi connectivity index (χ4n) is 2.87. The molecular weight excluding hydrogens is 316 g/mol. The first-order chi connectivity index (χ1) is 9.76. The molecule has 0 bridgehead atoms. The molecule has 112 valence electrons. The van der Waals surface area contributed by atoms with Gasteiger partial charge < -0.3 is 10.1 Å². The van der Waals surface area contributed by atoms with E-state index in [1.54, 1.807) is 0 Å². The lowest BCUT2D eigenvalue weighted by Crippen LogP contribution is -2.45. The number of nitrogens with zero attached hydrogens (tertiary/aromatic N) is 1. The van der Waals surface area contributed by atoms with Gasteiger partial charge in [0.25, 0.3) is 0 Å². The molecule has 4 heteroatoms. The number of hydrogen-bond donors (Lipinski definition) is 1. The number of rotatable bonds is 6. The van der Waals surface area contributed by atoms with Crippen LogP contribution in [0.2, 0.25) is 0 Å². The van der Waals surface area contributed by atoms with Crippen LogP contribution in [-0.4, -0.2) is 37.7 Å². The molecule has 1 aliphatic heterocycles. The van der Waals surface area contributed by atoms with Crippen LogP contribution in [0.3, 0.4) is 0 Å². The van der Waals surface area contributed by atoms with Crippen molar-refractivity contribution >= 4 is 15.9 Å². The van der Waals surface area contributed by atoms with Crippen LogP contribution < -0.4 is 10.1 Å². The highest BCUT2D eigenvalue weighted by atomic mass is 79.9. The molecule has 0 aromatic heterocycles. The van der Waals surface area contributed by atoms with Crippen LogP contribution in [0.5, 0.6) is 5.75 Å². The van der Waals surface area contributed by atoms with Crippen molar-refractivity contribution in [3.63, 3.8) is 0 Å². The van der Waals surface area contributed by atoms with Gasteiger partial charge >= 0.3 is 0 Å². The van der Waals surface area contributed by atoms with Crippen molar-refractivity contribution in [1.29, 1.82) is 0 Å². The number of nitrogens with one attached hydrogen (secondary N) is 1. The molecule has 2 rings (SSSR count). The Balaban J connectivity index is 2.28. The summed E-state index contributed by atoms with van der Waals surface area (Å²) < 4.78 is 6.98. The second kappa shape index (κ2) is 8.01. The molecule has 0 spiro atoms. The van der Waals surface area contributed by atoms with E-state index in [9.17, 15) is 0 Å². The maximum atomic E-state index is 5.85. The average molecular weight is 341 g/mol. The van der Waals surface area contributed by atoms with E-state index in [4.69, 9.17) is 4.74 Å². The summed E-state index contributed by atoms with van der Waals surface area (Å²) in [6.07, 6.45) is 2.36. The molecule has 1 aromatic rings. The summed E-state index contributed by atoms with van der Waals surface area (Å²) >= 11 is 3.60. The lowest BCUT2D eigenvalue weighted by atomic mass is 9.99. The molecule has 1 heterocycles. The van der Waals surface area contributed by atoms with Crippen molar-refractivity contribution in [2.24, 2.45) is 0 Å². The average Bonchev–Trinajstić information content (AvgIpc) is 2.48. The lowest BCUT2D eigenvalue weighted by molar-refractivity contribution is 0.161. The third kappa shape index (κ3) is 3.96. The fraction of sp³-hybridized carbons (Fsp3) is 0.625. The van der Waals surface area contributed by atoms with Gasteiger partial charge in [0.2, 0.25) is 0 Å². The predicted molar refractivity (Wildman–Crippen MR) is 87.4 cm³/mol. The maximum absolute atomic E-state index is 5.85. The number of hydrogen-bond acceptors (Lipinski definition) is 3. The highest BCUT2D eigenvalue weighted by Gasteiger charge is 2.24. The molecule has 20 heavy (non-hydrogen) atoms. The van der Waals surface area contributed by atoms with Gasteiger partial charge in [0.05, 0.1) is 6.61 Å². The van der Waals surface area contributed by atoms with Crippen molar-refractivity contribution in [3.05, 3.63) is 28.2 Å². The molecule has 1 saturated heterocycles. The molecule has 1 aromatic carbocycles. The standard InChI is InChI=1S/C16H25BrN2O/c1-3-5-15(19-10-8-18-9-11-19)14-12-13(17)6-7-16(14)20-4-2/h6-7,12,15,18H,3-5,8-11H2,1-2H3/t15-/m1/s1. The zero-order valence-electron chi connectivity index (χ0n) is 12.5. The third-order valence-electron chi connectivity index (χ3n) is 3.79. The van der Waals surface area contributed by atoms with Crippen LogP contribution in [0.25, 0.3) is 0 Å². The normalized spacial score (nSPS) is 17.9. The summed E-state index contributed by atoms with van der Waals surface area (Å²) in [6, 6.07) is 6.84. The van der Waals surface area contributed by atoms with Gasteiger partial charge in [-0.25, -0.2) is 0 Å². The molecule has 3 nitrogen and oxygen atoms in total. The first-order valence-corrected chi connectivity index (χ1v) is 8.42. The third-order valence-corrected chi connectivity index (χ3v) is 4.28. The molecule has 0 radical (unpaired) electrons. The van der Waals surface area contributed by atoms with E-state index in [0.29, 0.717) is 6.04 Å². The van der Waals surface area contributed by atoms with Crippen molar-refractivity contribution in [2.45, 2.75) is 32.7 Å². The van der Waals surface area contributed by atoms with Gasteiger partial charge in [0.1, 0.15) is 5.75 Å². The first kappa shape index (κ1) is 15.8. The topological polar surface area (TPSA) is 24.5 Å². The molecular formula is C16H25BrN2O. The lowest BCUT2D eigenvalue weighted by Gasteiger charge is -2.36. The Labute approximate surface area is 130 Å². The summed E-state index contributed by atoms with van der Waals surface area (Å²) in [7, 11) is 0. The van der Waals surface area contributed by atoms with E-state index in [-0.39, 0.29) is 0 Å². The number of ether oxygens (including phenoxy) is 1. The van der Waals surface area contributed by atoms with E-state index in [1.807, 2.05) is 6.92 Å². The van der Waals surface area contributed by atoms with Gasteiger partial charge in [0.15, 0.2) is 0 Å². The van der Waals surface area contributed by atoms with Gasteiger partial charge in [-0.1, -0.05) is 29.3 Å². The monoisotopic (exact) mass is 340 g/mol. The summed E-state index contributed by atoms with van der Waals surface area (Å²) in [5, 5.41) is 3.43. The molecule has 1 N–H and O–H groups in total. The fourth-order valence-corrected chi connectivity index (χ4v) is 3.25. The molecule has 0 unspecified atom stereocenters. The second-order valence-electron chi connectivity index (χ2n) is 5.21. The van der Waals surface area contributed by atoms with Crippen LogP contribution in [0.15, 0.2) is 22.7 Å². The van der Waals surface area contributed by atoms with Crippen molar-refractivity contribution in [3.8, 4) is 5.75 Å². The number of piperazine rings is 1. The summed E-state index contributed by atoms with van der Waals surface area (Å²) in [5.74, 6) is 1.03. The first-order valence-electron chi connectivity index (χ1n) is 7.63. The van der Waals surface area contributed by atoms with E-state index in [2.05, 4.69) is 51.3 Å². The van der Waals surface area contributed by atoms with E-state index < -0.39 is 0 Å². The summed E-state index contributed by atoms with van der Waals surface area (Å²) in [6.45, 7) is 9.41. The highest BCUT2D eigenvalue weighted by molar-refractivity contribution is 9.10. The largest absolute Gasteiger partial charge is 0.494 e. The molecule has 0 aliphatic carbocycles. The van der Waals surface area contributed by atoms with Gasteiger partial charge in [-0.15, -0.1) is 0 Å². The van der Waals surface area contributed by atoms with Crippen LogP contribution >= 0.6 is 15.9 Å². The van der Waals surface area contributed by atoms with Crippen molar-refractivity contribution in [1.82, 2.24) is 10.2 Å². The van der Waals surface area contributed by atoms with Gasteiger partial charge in [0, 0.05) is 42.3 Å². The van der Waals surface area contributed by atoms with Gasteiger partial charge in [-0.3, -0.25) is 4.90 Å². The Bertz CT molecular complexity index is 419. The van der Waals surface area contributed by atoms with E-state index in [1.165, 1.54) is 18.4 Å². The molecule has 1 fully saturated rings. The Kier molecular flexibility index (Phi) is 6.33. The minimum Gasteiger partial charge on any atom is -0.494 e. The summed E-state index contributed by atoms with van der Waals surface area (Å²) in [5.41, 5.74) is 1.32. The number of benzene rings is 1. The Hall–Kier alpha value is -0.580. The SMILES string of the molecule is CCC[C@H](c1cc(Br)ccc1OCC)N1CCNCC1. The van der Waals surface area contributed by atoms with Crippen LogP contribution in [-0.2, 0) is 0 Å².